The Labute approximate surface area is 243 Å². The number of hydrogen-bond donors (Lipinski definition) is 0. The zero-order valence-corrected chi connectivity index (χ0v) is 27.5. The summed E-state index contributed by atoms with van der Waals surface area (Å²) in [6, 6.07) is 20.3. The summed E-state index contributed by atoms with van der Waals surface area (Å²) in [5.74, 6) is 0. The molecule has 6 heteroatoms. The van der Waals surface area contributed by atoms with Crippen molar-refractivity contribution in [1.29, 1.82) is 0 Å². The molecule has 0 saturated carbocycles. The van der Waals surface area contributed by atoms with Crippen LogP contribution in [-0.4, -0.2) is 22.4 Å². The van der Waals surface area contributed by atoms with E-state index in [9.17, 15) is 0 Å². The fraction of sp³-hybridized carbons (Fsp3) is 0.241. The first-order valence-corrected chi connectivity index (χ1v) is 18.1. The predicted molar refractivity (Wildman–Crippen MR) is 146 cm³/mol. The first kappa shape index (κ1) is 30.1. The Balaban J connectivity index is 0.000000249. The number of aliphatic imine (C=N–C) groups is 1. The van der Waals surface area contributed by atoms with Crippen LogP contribution in [0.3, 0.4) is 0 Å². The molecule has 2 bridgehead atoms. The van der Waals surface area contributed by atoms with Gasteiger partial charge < -0.3 is 24.8 Å². The number of nitrogens with zero attached hydrogens (tertiary/aromatic N) is 1. The maximum absolute atomic E-state index is 4.19. The average Bonchev–Trinajstić information content (AvgIpc) is 3.43. The number of rotatable bonds is 2. The van der Waals surface area contributed by atoms with Gasteiger partial charge in [-0.1, -0.05) is 86.3 Å². The number of fused-ring (bicyclic) bond motifs is 1. The van der Waals surface area contributed by atoms with Gasteiger partial charge in [0.05, 0.1) is 8.07 Å². The van der Waals surface area contributed by atoms with Gasteiger partial charge in [0.25, 0.3) is 0 Å². The molecule has 0 saturated heterocycles. The Morgan fingerprint density at radius 2 is 1.54 bits per heavy atom. The van der Waals surface area contributed by atoms with Gasteiger partial charge >= 0.3 is 26.2 Å². The summed E-state index contributed by atoms with van der Waals surface area (Å²) in [5.41, 5.74) is 8.45. The van der Waals surface area contributed by atoms with Crippen LogP contribution in [0.15, 0.2) is 92.9 Å². The van der Waals surface area contributed by atoms with E-state index in [0.29, 0.717) is 0 Å². The summed E-state index contributed by atoms with van der Waals surface area (Å²) >= 11 is 0. The van der Waals surface area contributed by atoms with Crippen LogP contribution >= 0.6 is 0 Å². The second-order valence-electron chi connectivity index (χ2n) is 10.9. The molecule has 4 aliphatic rings. The maximum Gasteiger partial charge on any atom is 3.00 e. The fourth-order valence-electron chi connectivity index (χ4n) is 5.71. The van der Waals surface area contributed by atoms with Crippen molar-refractivity contribution in [3.63, 3.8) is 0 Å². The molecule has 35 heavy (non-hydrogen) atoms. The monoisotopic (exact) mass is 610 g/mol. The van der Waals surface area contributed by atoms with Crippen molar-refractivity contribution in [3.05, 3.63) is 93.5 Å². The van der Waals surface area contributed by atoms with E-state index in [1.165, 1.54) is 43.8 Å². The fourth-order valence-corrected chi connectivity index (χ4v) is 10.8. The van der Waals surface area contributed by atoms with Crippen LogP contribution in [0.25, 0.3) is 21.9 Å². The van der Waals surface area contributed by atoms with Gasteiger partial charge in [0.15, 0.2) is 0 Å². The minimum atomic E-state index is -1.21. The van der Waals surface area contributed by atoms with Crippen LogP contribution in [0.4, 0.5) is 0 Å². The molecule has 3 heterocycles. The van der Waals surface area contributed by atoms with E-state index in [1.54, 1.807) is 16.0 Å². The summed E-state index contributed by atoms with van der Waals surface area (Å²) < 4.78 is 0. The molecule has 7 rings (SSSR count). The normalized spacial score (nSPS) is 16.4. The first-order chi connectivity index (χ1) is 15.1. The Morgan fingerprint density at radius 3 is 2.11 bits per heavy atom. The van der Waals surface area contributed by atoms with Gasteiger partial charge in [0.2, 0.25) is 0 Å². The quantitative estimate of drug-likeness (QED) is 0.307. The number of aryl methyl sites for hydroxylation is 1. The Morgan fingerprint density at radius 1 is 0.886 bits per heavy atom. The number of hydrogen-bond acceptors (Lipinski definition) is 1. The third kappa shape index (κ3) is 5.02. The van der Waals surface area contributed by atoms with Gasteiger partial charge in [0, 0.05) is 23.6 Å². The van der Waals surface area contributed by atoms with Crippen molar-refractivity contribution in [2.24, 2.45) is 4.99 Å². The van der Waals surface area contributed by atoms with Crippen molar-refractivity contribution < 1.29 is 51.0 Å². The van der Waals surface area contributed by atoms with Crippen molar-refractivity contribution >= 4 is 38.3 Å². The standard InChI is InChI=1S/C19H21Si.C10H11NSi.2ClH.Zr/c1-14-12-16-6-5-7-18(19(16)13-14)15-8-10-17(11-9-15)20(2,3)4;1-6-9-7-4-11-5-8(7)10(6)12(9,2)3;;;/h5-13H,1-4H3;4-5H,1-3H3;2*1H;/q-1;;;;+3/p-2. The molecule has 1 aliphatic carbocycles. The van der Waals surface area contributed by atoms with Crippen LogP contribution in [0.5, 0.6) is 0 Å². The molecule has 0 N–H and O–H groups in total. The van der Waals surface area contributed by atoms with Gasteiger partial charge in [0.1, 0.15) is 8.07 Å². The molecule has 0 atom stereocenters. The zero-order valence-electron chi connectivity index (χ0n) is 21.6. The minimum Gasteiger partial charge on any atom is -1.00 e. The van der Waals surface area contributed by atoms with E-state index in [-0.39, 0.29) is 51.0 Å². The second kappa shape index (κ2) is 10.7. The molecular formula is C29H32Cl2NSi2Zr. The minimum absolute atomic E-state index is 0. The molecule has 3 aliphatic heterocycles. The summed E-state index contributed by atoms with van der Waals surface area (Å²) in [6.45, 7) is 16.5. The average molecular weight is 613 g/mol. The third-order valence-electron chi connectivity index (χ3n) is 7.19. The van der Waals surface area contributed by atoms with Gasteiger partial charge in [-0.2, -0.15) is 6.07 Å². The molecule has 179 valence electrons. The zero-order chi connectivity index (χ0) is 22.8. The Hall–Kier alpha value is -1.16. The van der Waals surface area contributed by atoms with Gasteiger partial charge in [-0.3, -0.25) is 4.99 Å². The first-order valence-electron chi connectivity index (χ1n) is 11.6. The summed E-state index contributed by atoms with van der Waals surface area (Å²) in [4.78, 5) is 4.19. The van der Waals surface area contributed by atoms with Crippen molar-refractivity contribution in [3.8, 4) is 11.1 Å². The van der Waals surface area contributed by atoms with Crippen LogP contribution in [0.2, 0.25) is 32.7 Å². The predicted octanol–water partition coefficient (Wildman–Crippen LogP) is 1.47. The molecular weight excluding hydrogens is 581 g/mol. The Kier molecular flexibility index (Phi) is 9.17. The van der Waals surface area contributed by atoms with E-state index in [2.05, 4.69) is 106 Å². The van der Waals surface area contributed by atoms with E-state index < -0.39 is 16.1 Å². The number of allylic oxidation sites excluding steroid dienone is 5. The summed E-state index contributed by atoms with van der Waals surface area (Å²) in [6.07, 6.45) is 4.06. The number of halogens is 2. The molecule has 0 unspecified atom stereocenters. The maximum atomic E-state index is 4.19. The summed E-state index contributed by atoms with van der Waals surface area (Å²) in [5, 5.41) is 7.54. The largest absolute Gasteiger partial charge is 3.00 e. The van der Waals surface area contributed by atoms with Gasteiger partial charge in [-0.15, -0.1) is 34.5 Å². The van der Waals surface area contributed by atoms with Crippen LogP contribution in [-0.2, 0) is 26.2 Å². The van der Waals surface area contributed by atoms with Crippen LogP contribution in [0, 0.1) is 6.92 Å². The molecule has 3 aromatic rings. The van der Waals surface area contributed by atoms with Gasteiger partial charge in [-0.05, 0) is 22.9 Å². The number of benzene rings is 2. The van der Waals surface area contributed by atoms with E-state index in [0.717, 1.165) is 0 Å². The van der Waals surface area contributed by atoms with Crippen LogP contribution < -0.4 is 30.0 Å². The molecule has 1 radical (unpaired) electrons. The molecule has 3 aromatic carbocycles. The molecule has 1 nitrogen and oxygen atoms in total. The van der Waals surface area contributed by atoms with Crippen molar-refractivity contribution in [1.82, 2.24) is 0 Å². The SMILES string of the molecule is CC1=C2C3=CN=CC3=C1[Si]2(C)C.Cc1cc2c(-c3ccc([Si](C)(C)C)cc3)cccc2[cH-]1.[Cl-].[Cl-].[Zr+3]. The van der Waals surface area contributed by atoms with E-state index in [4.69, 9.17) is 0 Å². The molecule has 0 aromatic heterocycles. The topological polar surface area (TPSA) is 12.4 Å². The molecule has 0 amide bonds. The smallest absolute Gasteiger partial charge is 1.00 e. The van der Waals surface area contributed by atoms with Crippen molar-refractivity contribution in [2.75, 3.05) is 0 Å². The molecule has 0 spiro atoms. The second-order valence-corrected chi connectivity index (χ2v) is 20.2. The third-order valence-corrected chi connectivity index (χ3v) is 13.0. The van der Waals surface area contributed by atoms with E-state index in [1.807, 2.05) is 12.4 Å². The van der Waals surface area contributed by atoms with Crippen LogP contribution in [0.1, 0.15) is 12.5 Å². The van der Waals surface area contributed by atoms with Gasteiger partial charge in [-0.25, -0.2) is 0 Å². The van der Waals surface area contributed by atoms with E-state index >= 15 is 0 Å². The summed E-state index contributed by atoms with van der Waals surface area (Å²) in [7, 11) is -2.31. The Bertz CT molecular complexity index is 1380. The van der Waals surface area contributed by atoms with Crippen molar-refractivity contribution in [2.45, 2.75) is 46.6 Å². The molecule has 0 fully saturated rings.